The van der Waals surface area contributed by atoms with Gasteiger partial charge in [0, 0.05) is 16.9 Å². The van der Waals surface area contributed by atoms with Gasteiger partial charge < -0.3 is 10.6 Å². The number of carbonyl (C=O) groups excluding carboxylic acids is 2. The highest BCUT2D eigenvalue weighted by atomic mass is 16.1. The lowest BCUT2D eigenvalue weighted by Gasteiger charge is -2.08. The van der Waals surface area contributed by atoms with Crippen molar-refractivity contribution >= 4 is 23.7 Å². The zero-order valence-corrected chi connectivity index (χ0v) is 10.5. The molecule has 19 heavy (non-hydrogen) atoms. The summed E-state index contributed by atoms with van der Waals surface area (Å²) in [4.78, 5) is 22.3. The second kappa shape index (κ2) is 5.82. The van der Waals surface area contributed by atoms with Crippen LogP contribution >= 0.6 is 0 Å². The van der Waals surface area contributed by atoms with Gasteiger partial charge in [-0.15, -0.1) is 0 Å². The topological polar surface area (TPSA) is 58.2 Å². The summed E-state index contributed by atoms with van der Waals surface area (Å²) in [6.07, 6.45) is 0.600. The minimum absolute atomic E-state index is 0.174. The summed E-state index contributed by atoms with van der Waals surface area (Å²) >= 11 is 0. The molecule has 0 atom stereocenters. The molecule has 2 rings (SSSR count). The molecule has 96 valence electrons. The Balaban J connectivity index is 2.12. The van der Waals surface area contributed by atoms with Gasteiger partial charge in [0.2, 0.25) is 6.41 Å². The first-order valence-electron chi connectivity index (χ1n) is 5.88. The molecule has 0 saturated heterocycles. The molecule has 2 aromatic carbocycles. The Bertz CT molecular complexity index is 591. The van der Waals surface area contributed by atoms with Gasteiger partial charge in [-0.25, -0.2) is 0 Å². The third kappa shape index (κ3) is 3.19. The number of rotatable bonds is 4. The van der Waals surface area contributed by atoms with Crippen molar-refractivity contribution in [3.63, 3.8) is 0 Å². The van der Waals surface area contributed by atoms with Gasteiger partial charge in [0.1, 0.15) is 0 Å². The van der Waals surface area contributed by atoms with Crippen LogP contribution in [0.3, 0.4) is 0 Å². The molecule has 2 aromatic rings. The Morgan fingerprint density at radius 2 is 1.74 bits per heavy atom. The van der Waals surface area contributed by atoms with Crippen molar-refractivity contribution in [2.24, 2.45) is 0 Å². The lowest BCUT2D eigenvalue weighted by Crippen LogP contribution is -2.12. The molecule has 0 bridgehead atoms. The third-order valence-electron chi connectivity index (χ3n) is 2.77. The maximum absolute atomic E-state index is 12.0. The summed E-state index contributed by atoms with van der Waals surface area (Å²) in [7, 11) is 0. The fraction of sp³-hybridized carbons (Fsp3) is 0.0667. The molecule has 0 aliphatic heterocycles. The fourth-order valence-corrected chi connectivity index (χ4v) is 1.69. The number of hydrogen-bond acceptors (Lipinski definition) is 2. The average molecular weight is 254 g/mol. The van der Waals surface area contributed by atoms with Crippen LogP contribution in [0.1, 0.15) is 15.9 Å². The van der Waals surface area contributed by atoms with Crippen molar-refractivity contribution in [2.45, 2.75) is 6.92 Å². The largest absolute Gasteiger partial charge is 0.329 e. The second-order valence-corrected chi connectivity index (χ2v) is 4.11. The Morgan fingerprint density at radius 1 is 1.05 bits per heavy atom. The number of para-hydroxylation sites is 1. The normalized spacial score (nSPS) is 9.74. The van der Waals surface area contributed by atoms with E-state index in [0.29, 0.717) is 17.7 Å². The molecule has 0 aliphatic carbocycles. The van der Waals surface area contributed by atoms with Crippen LogP contribution in [0.25, 0.3) is 0 Å². The Morgan fingerprint density at radius 3 is 2.37 bits per heavy atom. The van der Waals surface area contributed by atoms with Gasteiger partial charge in [-0.1, -0.05) is 18.2 Å². The summed E-state index contributed by atoms with van der Waals surface area (Å²) in [5, 5.41) is 5.37. The molecule has 0 unspecified atom stereocenters. The van der Waals surface area contributed by atoms with Gasteiger partial charge in [0.05, 0.1) is 0 Å². The van der Waals surface area contributed by atoms with Crippen molar-refractivity contribution in [1.82, 2.24) is 0 Å². The lowest BCUT2D eigenvalue weighted by molar-refractivity contribution is -0.105. The lowest BCUT2D eigenvalue weighted by atomic mass is 10.1. The molecule has 2 amide bonds. The average Bonchev–Trinajstić information content (AvgIpc) is 2.42. The van der Waals surface area contributed by atoms with Crippen molar-refractivity contribution in [3.8, 4) is 0 Å². The Labute approximate surface area is 111 Å². The highest BCUT2D eigenvalue weighted by Gasteiger charge is 2.07. The van der Waals surface area contributed by atoms with E-state index in [2.05, 4.69) is 10.6 Å². The predicted molar refractivity (Wildman–Crippen MR) is 75.3 cm³/mol. The molecule has 4 nitrogen and oxygen atoms in total. The van der Waals surface area contributed by atoms with Gasteiger partial charge in [0.25, 0.3) is 5.91 Å². The van der Waals surface area contributed by atoms with Crippen molar-refractivity contribution in [1.29, 1.82) is 0 Å². The zero-order valence-electron chi connectivity index (χ0n) is 10.5. The molecule has 2 N–H and O–H groups in total. The van der Waals surface area contributed by atoms with Crippen molar-refractivity contribution in [2.75, 3.05) is 10.6 Å². The predicted octanol–water partition coefficient (Wildman–Crippen LogP) is 2.82. The van der Waals surface area contributed by atoms with Crippen LogP contribution in [0.5, 0.6) is 0 Å². The SMILES string of the molecule is Cc1ccccc1NC(=O)c1ccc(NC=O)cc1. The molecule has 0 spiro atoms. The Kier molecular flexibility index (Phi) is 3.93. The Hall–Kier alpha value is -2.62. The maximum atomic E-state index is 12.0. The first kappa shape index (κ1) is 12.8. The molecule has 0 heterocycles. The summed E-state index contributed by atoms with van der Waals surface area (Å²) in [5.41, 5.74) is 3.00. The van der Waals surface area contributed by atoms with E-state index >= 15 is 0 Å². The first-order valence-corrected chi connectivity index (χ1v) is 5.88. The van der Waals surface area contributed by atoms with Gasteiger partial charge >= 0.3 is 0 Å². The summed E-state index contributed by atoms with van der Waals surface area (Å²) in [5.74, 6) is -0.174. The van der Waals surface area contributed by atoms with Gasteiger partial charge in [-0.2, -0.15) is 0 Å². The van der Waals surface area contributed by atoms with Crippen LogP contribution < -0.4 is 10.6 Å². The highest BCUT2D eigenvalue weighted by molar-refractivity contribution is 6.04. The minimum atomic E-state index is -0.174. The van der Waals surface area contributed by atoms with E-state index in [1.807, 2.05) is 31.2 Å². The highest BCUT2D eigenvalue weighted by Crippen LogP contribution is 2.15. The van der Waals surface area contributed by atoms with Crippen molar-refractivity contribution < 1.29 is 9.59 Å². The van der Waals surface area contributed by atoms with Crippen LogP contribution in [0.2, 0.25) is 0 Å². The molecular formula is C15H14N2O2. The quantitative estimate of drug-likeness (QED) is 0.824. The number of hydrogen-bond donors (Lipinski definition) is 2. The van der Waals surface area contributed by atoms with E-state index in [1.54, 1.807) is 24.3 Å². The smallest absolute Gasteiger partial charge is 0.255 e. The molecule has 0 aliphatic rings. The van der Waals surface area contributed by atoms with Gasteiger partial charge in [0.15, 0.2) is 0 Å². The number of nitrogens with one attached hydrogen (secondary N) is 2. The van der Waals surface area contributed by atoms with E-state index in [0.717, 1.165) is 11.3 Å². The number of carbonyl (C=O) groups is 2. The summed E-state index contributed by atoms with van der Waals surface area (Å²) in [6, 6.07) is 14.3. The van der Waals surface area contributed by atoms with Gasteiger partial charge in [-0.3, -0.25) is 9.59 Å². The molecule has 4 heteroatoms. The monoisotopic (exact) mass is 254 g/mol. The van der Waals surface area contributed by atoms with E-state index < -0.39 is 0 Å². The van der Waals surface area contributed by atoms with Crippen LogP contribution in [0, 0.1) is 6.92 Å². The molecule has 0 aromatic heterocycles. The van der Waals surface area contributed by atoms with E-state index in [-0.39, 0.29) is 5.91 Å². The first-order chi connectivity index (χ1) is 9.20. The molecule has 0 saturated carbocycles. The third-order valence-corrected chi connectivity index (χ3v) is 2.77. The number of amides is 2. The molecule has 0 radical (unpaired) electrons. The number of benzene rings is 2. The second-order valence-electron chi connectivity index (χ2n) is 4.11. The van der Waals surface area contributed by atoms with Crippen molar-refractivity contribution in [3.05, 3.63) is 59.7 Å². The van der Waals surface area contributed by atoms with E-state index in [4.69, 9.17) is 0 Å². The number of aryl methyl sites for hydroxylation is 1. The molecule has 0 fully saturated rings. The van der Waals surface area contributed by atoms with E-state index in [1.165, 1.54) is 0 Å². The van der Waals surface area contributed by atoms with Gasteiger partial charge in [-0.05, 0) is 42.8 Å². The zero-order chi connectivity index (χ0) is 13.7. The number of anilines is 2. The maximum Gasteiger partial charge on any atom is 0.255 e. The summed E-state index contributed by atoms with van der Waals surface area (Å²) < 4.78 is 0. The van der Waals surface area contributed by atoms with Crippen LogP contribution in [0.4, 0.5) is 11.4 Å². The van der Waals surface area contributed by atoms with E-state index in [9.17, 15) is 9.59 Å². The van der Waals surface area contributed by atoms with Crippen LogP contribution in [-0.2, 0) is 4.79 Å². The fourth-order valence-electron chi connectivity index (χ4n) is 1.69. The standard InChI is InChI=1S/C15H14N2O2/c1-11-4-2-3-5-14(11)17-15(19)12-6-8-13(9-7-12)16-10-18/h2-10H,1H3,(H,16,18)(H,17,19). The minimum Gasteiger partial charge on any atom is -0.329 e. The molecular weight excluding hydrogens is 240 g/mol. The van der Waals surface area contributed by atoms with Crippen LogP contribution in [0.15, 0.2) is 48.5 Å². The summed E-state index contributed by atoms with van der Waals surface area (Å²) in [6.45, 7) is 1.94. The van der Waals surface area contributed by atoms with Crippen LogP contribution in [-0.4, -0.2) is 12.3 Å².